The Morgan fingerprint density at radius 1 is 1.55 bits per heavy atom. The Hall–Kier alpha value is -1.49. The van der Waals surface area contributed by atoms with E-state index in [0.717, 1.165) is 0 Å². The maximum Gasteiger partial charge on any atom is 0.313 e. The molecule has 0 saturated carbocycles. The SMILES string of the molecule is O=C(O)[C@]12COC[C@H]1CN(S(=O)(=O)c1cnc3sccn13)C2. The van der Waals surface area contributed by atoms with Crippen LogP contribution in [0.15, 0.2) is 22.8 Å². The molecule has 118 valence electrons. The fraction of sp³-hybridized carbons (Fsp3) is 0.500. The van der Waals surface area contributed by atoms with Crippen molar-refractivity contribution in [2.75, 3.05) is 26.3 Å². The maximum atomic E-state index is 12.8. The fourth-order valence-corrected chi connectivity index (χ4v) is 5.58. The van der Waals surface area contributed by atoms with Crippen LogP contribution in [0.1, 0.15) is 0 Å². The molecule has 2 aromatic rings. The highest BCUT2D eigenvalue weighted by Gasteiger charge is 2.58. The molecule has 2 fully saturated rings. The largest absolute Gasteiger partial charge is 0.481 e. The molecule has 0 bridgehead atoms. The summed E-state index contributed by atoms with van der Waals surface area (Å²) in [4.78, 5) is 16.3. The van der Waals surface area contributed by atoms with Crippen molar-refractivity contribution in [2.24, 2.45) is 11.3 Å². The first-order valence-electron chi connectivity index (χ1n) is 6.67. The maximum absolute atomic E-state index is 12.8. The molecule has 4 rings (SSSR count). The van der Waals surface area contributed by atoms with Gasteiger partial charge >= 0.3 is 5.97 Å². The molecule has 10 heteroatoms. The third-order valence-electron chi connectivity index (χ3n) is 4.49. The number of imidazole rings is 1. The van der Waals surface area contributed by atoms with E-state index < -0.39 is 21.4 Å². The monoisotopic (exact) mass is 343 g/mol. The van der Waals surface area contributed by atoms with E-state index in [2.05, 4.69) is 4.98 Å². The van der Waals surface area contributed by atoms with Gasteiger partial charge in [0.25, 0.3) is 10.0 Å². The Morgan fingerprint density at radius 3 is 3.09 bits per heavy atom. The summed E-state index contributed by atoms with van der Waals surface area (Å²) in [5.41, 5.74) is -1.13. The second kappa shape index (κ2) is 4.51. The Kier molecular flexibility index (Phi) is 2.89. The zero-order valence-corrected chi connectivity index (χ0v) is 13.0. The number of aliphatic carboxylic acids is 1. The molecule has 0 aliphatic carbocycles. The van der Waals surface area contributed by atoms with Gasteiger partial charge in [-0.25, -0.2) is 13.4 Å². The summed E-state index contributed by atoms with van der Waals surface area (Å²) in [6.07, 6.45) is 2.96. The van der Waals surface area contributed by atoms with Crippen molar-refractivity contribution in [3.8, 4) is 0 Å². The minimum Gasteiger partial charge on any atom is -0.481 e. The first-order chi connectivity index (χ1) is 10.4. The quantitative estimate of drug-likeness (QED) is 0.849. The molecule has 0 amide bonds. The van der Waals surface area contributed by atoms with E-state index in [4.69, 9.17) is 4.74 Å². The molecule has 0 unspecified atom stereocenters. The smallest absolute Gasteiger partial charge is 0.313 e. The standard InChI is InChI=1S/C12H13N3O5S2/c16-10(17)12-6-14(4-8(12)5-20-7-12)22(18,19)9-3-13-11-15(9)1-2-21-11/h1-3,8H,4-7H2,(H,16,17)/t8-,12-/m1/s1. The van der Waals surface area contributed by atoms with E-state index in [1.165, 1.54) is 26.2 Å². The van der Waals surface area contributed by atoms with Gasteiger partial charge in [0.15, 0.2) is 9.99 Å². The lowest BCUT2D eigenvalue weighted by atomic mass is 9.81. The highest BCUT2D eigenvalue weighted by molar-refractivity contribution is 7.89. The molecule has 22 heavy (non-hydrogen) atoms. The van der Waals surface area contributed by atoms with Gasteiger partial charge in [0.2, 0.25) is 0 Å². The number of carbonyl (C=O) groups is 1. The Labute approximate surface area is 130 Å². The lowest BCUT2D eigenvalue weighted by Crippen LogP contribution is -2.40. The summed E-state index contributed by atoms with van der Waals surface area (Å²) in [6, 6.07) is 0. The molecule has 0 spiro atoms. The number of aromatic nitrogens is 2. The van der Waals surface area contributed by atoms with Gasteiger partial charge in [-0.3, -0.25) is 9.20 Å². The van der Waals surface area contributed by atoms with Crippen LogP contribution in [0.5, 0.6) is 0 Å². The van der Waals surface area contributed by atoms with E-state index >= 15 is 0 Å². The van der Waals surface area contributed by atoms with E-state index in [1.54, 1.807) is 11.6 Å². The van der Waals surface area contributed by atoms with Crippen molar-refractivity contribution < 1.29 is 23.1 Å². The molecule has 0 radical (unpaired) electrons. The zero-order valence-electron chi connectivity index (χ0n) is 11.4. The average molecular weight is 343 g/mol. The van der Waals surface area contributed by atoms with Gasteiger partial charge in [-0.2, -0.15) is 4.31 Å². The summed E-state index contributed by atoms with van der Waals surface area (Å²) >= 11 is 1.34. The van der Waals surface area contributed by atoms with Crippen molar-refractivity contribution in [1.82, 2.24) is 13.7 Å². The molecule has 2 aliphatic heterocycles. The van der Waals surface area contributed by atoms with Gasteiger partial charge in [-0.15, -0.1) is 11.3 Å². The van der Waals surface area contributed by atoms with Crippen LogP contribution in [0.4, 0.5) is 0 Å². The van der Waals surface area contributed by atoms with Crippen molar-refractivity contribution in [3.63, 3.8) is 0 Å². The highest BCUT2D eigenvalue weighted by atomic mass is 32.2. The molecular formula is C12H13N3O5S2. The topological polar surface area (TPSA) is 101 Å². The molecular weight excluding hydrogens is 330 g/mol. The van der Waals surface area contributed by atoms with Gasteiger partial charge in [0, 0.05) is 30.6 Å². The second-order valence-corrected chi connectivity index (χ2v) is 8.38. The lowest BCUT2D eigenvalue weighted by molar-refractivity contribution is -0.149. The number of rotatable bonds is 3. The van der Waals surface area contributed by atoms with Gasteiger partial charge in [0.05, 0.1) is 19.4 Å². The van der Waals surface area contributed by atoms with Crippen molar-refractivity contribution in [3.05, 3.63) is 17.8 Å². The minimum atomic E-state index is -3.78. The molecule has 4 heterocycles. The van der Waals surface area contributed by atoms with Crippen LogP contribution >= 0.6 is 11.3 Å². The number of ether oxygens (including phenoxy) is 1. The molecule has 2 aromatic heterocycles. The summed E-state index contributed by atoms with van der Waals surface area (Å²) in [5.74, 6) is -1.31. The van der Waals surface area contributed by atoms with Crippen LogP contribution < -0.4 is 0 Å². The average Bonchev–Trinajstić information content (AvgIpc) is 3.16. The first kappa shape index (κ1) is 14.1. The zero-order chi connectivity index (χ0) is 15.5. The van der Waals surface area contributed by atoms with Gasteiger partial charge in [-0.1, -0.05) is 0 Å². The molecule has 2 saturated heterocycles. The van der Waals surface area contributed by atoms with Crippen LogP contribution in [-0.2, 0) is 19.6 Å². The van der Waals surface area contributed by atoms with Gasteiger partial charge in [0.1, 0.15) is 5.41 Å². The van der Waals surface area contributed by atoms with Crippen LogP contribution in [-0.4, -0.2) is 59.5 Å². The Bertz CT molecular complexity index is 857. The number of nitrogens with zero attached hydrogens (tertiary/aromatic N) is 3. The number of fused-ring (bicyclic) bond motifs is 2. The van der Waals surface area contributed by atoms with Gasteiger partial charge in [-0.05, 0) is 0 Å². The van der Waals surface area contributed by atoms with E-state index in [1.807, 2.05) is 0 Å². The number of sulfonamides is 1. The highest BCUT2D eigenvalue weighted by Crippen LogP contribution is 2.43. The van der Waals surface area contributed by atoms with E-state index in [-0.39, 0.29) is 37.2 Å². The lowest BCUT2D eigenvalue weighted by Gasteiger charge is -2.21. The second-order valence-electron chi connectivity index (χ2n) is 5.62. The van der Waals surface area contributed by atoms with Crippen molar-refractivity contribution in [2.45, 2.75) is 5.03 Å². The molecule has 1 N–H and O–H groups in total. The molecule has 2 atom stereocenters. The predicted octanol–water partition coefficient (Wildman–Crippen LogP) is 0.117. The molecule has 2 aliphatic rings. The third kappa shape index (κ3) is 1.72. The third-order valence-corrected chi connectivity index (χ3v) is 7.04. The van der Waals surface area contributed by atoms with Crippen molar-refractivity contribution in [1.29, 1.82) is 0 Å². The number of hydrogen-bond donors (Lipinski definition) is 1. The van der Waals surface area contributed by atoms with Crippen LogP contribution in [0.3, 0.4) is 0 Å². The van der Waals surface area contributed by atoms with Gasteiger partial charge < -0.3 is 9.84 Å². The Balaban J connectivity index is 1.74. The molecule has 0 aromatic carbocycles. The minimum absolute atomic E-state index is 0.0548. The summed E-state index contributed by atoms with van der Waals surface area (Å²) in [7, 11) is -3.78. The van der Waals surface area contributed by atoms with Crippen LogP contribution in [0, 0.1) is 11.3 Å². The number of hydrogen-bond acceptors (Lipinski definition) is 6. The first-order valence-corrected chi connectivity index (χ1v) is 8.99. The Morgan fingerprint density at radius 2 is 2.36 bits per heavy atom. The normalized spacial score (nSPS) is 29.2. The van der Waals surface area contributed by atoms with E-state index in [0.29, 0.717) is 4.96 Å². The summed E-state index contributed by atoms with van der Waals surface area (Å²) in [5, 5.41) is 11.3. The predicted molar refractivity (Wildman–Crippen MR) is 76.2 cm³/mol. The summed E-state index contributed by atoms with van der Waals surface area (Å²) < 4.78 is 33.7. The molecule has 8 nitrogen and oxygen atoms in total. The number of carboxylic acid groups (broad SMARTS) is 1. The van der Waals surface area contributed by atoms with Crippen LogP contribution in [0.25, 0.3) is 4.96 Å². The summed E-state index contributed by atoms with van der Waals surface area (Å²) in [6.45, 7) is 0.427. The number of thiazole rings is 1. The van der Waals surface area contributed by atoms with E-state index in [9.17, 15) is 18.3 Å². The van der Waals surface area contributed by atoms with Crippen LogP contribution in [0.2, 0.25) is 0 Å². The van der Waals surface area contributed by atoms with Crippen molar-refractivity contribution >= 4 is 32.3 Å². The number of carboxylic acids is 1. The fourth-order valence-electron chi connectivity index (χ4n) is 3.20.